The second kappa shape index (κ2) is 7.09. The van der Waals surface area contributed by atoms with E-state index < -0.39 is 11.6 Å². The summed E-state index contributed by atoms with van der Waals surface area (Å²) < 4.78 is 6.28. The van der Waals surface area contributed by atoms with Crippen molar-refractivity contribution in [3.8, 4) is 17.6 Å². The van der Waals surface area contributed by atoms with Crippen molar-refractivity contribution in [3.05, 3.63) is 119 Å². The van der Waals surface area contributed by atoms with Crippen molar-refractivity contribution in [1.82, 2.24) is 0 Å². The maximum absolute atomic E-state index is 13.3. The Balaban J connectivity index is 1.81. The number of aromatic hydroxyl groups is 2. The van der Waals surface area contributed by atoms with Crippen molar-refractivity contribution >= 4 is 27.5 Å². The van der Waals surface area contributed by atoms with Crippen molar-refractivity contribution in [2.45, 2.75) is 5.60 Å². The highest BCUT2D eigenvalue weighted by Gasteiger charge is 2.50. The summed E-state index contributed by atoms with van der Waals surface area (Å²) in [4.78, 5) is 13.3. The van der Waals surface area contributed by atoms with E-state index in [-0.39, 0.29) is 11.5 Å². The van der Waals surface area contributed by atoms with Crippen LogP contribution >= 0.6 is 0 Å². The van der Waals surface area contributed by atoms with E-state index in [0.717, 1.165) is 10.8 Å². The maximum Gasteiger partial charge on any atom is 0.340 e. The van der Waals surface area contributed by atoms with Gasteiger partial charge in [-0.3, -0.25) is 0 Å². The number of phenolic OH excluding ortho intramolecular Hbond substituents is 2. The van der Waals surface area contributed by atoms with E-state index in [1.807, 2.05) is 48.5 Å². The van der Waals surface area contributed by atoms with Gasteiger partial charge in [0.15, 0.2) is 5.60 Å². The van der Waals surface area contributed by atoms with Crippen LogP contribution in [0.5, 0.6) is 11.5 Å². The lowest BCUT2D eigenvalue weighted by atomic mass is 9.76. The maximum atomic E-state index is 13.3. The highest BCUT2D eigenvalue weighted by atomic mass is 16.6. The Labute approximate surface area is 194 Å². The van der Waals surface area contributed by atoms with Gasteiger partial charge < -0.3 is 14.9 Å². The molecule has 5 heteroatoms. The van der Waals surface area contributed by atoms with Crippen LogP contribution in [0.2, 0.25) is 0 Å². The Morgan fingerprint density at radius 2 is 1.18 bits per heavy atom. The fraction of sp³-hybridized carbons (Fsp3) is 0.0345. The molecule has 0 radical (unpaired) electrons. The van der Waals surface area contributed by atoms with Crippen LogP contribution in [-0.4, -0.2) is 16.2 Å². The molecule has 0 aliphatic carbocycles. The molecule has 1 heterocycles. The molecule has 162 valence electrons. The van der Waals surface area contributed by atoms with E-state index >= 15 is 0 Å². The third kappa shape index (κ3) is 2.57. The highest BCUT2D eigenvalue weighted by molar-refractivity contribution is 6.02. The minimum Gasteiger partial charge on any atom is -0.507 e. The summed E-state index contributed by atoms with van der Waals surface area (Å²) in [6.07, 6.45) is 0. The van der Waals surface area contributed by atoms with Gasteiger partial charge in [-0.25, -0.2) is 4.79 Å². The van der Waals surface area contributed by atoms with Crippen LogP contribution in [0.3, 0.4) is 0 Å². The largest absolute Gasteiger partial charge is 0.507 e. The summed E-state index contributed by atoms with van der Waals surface area (Å²) in [5, 5.41) is 33.2. The number of benzene rings is 5. The van der Waals surface area contributed by atoms with Crippen molar-refractivity contribution in [2.24, 2.45) is 0 Å². The number of carbonyl (C=O) groups is 1. The smallest absolute Gasteiger partial charge is 0.340 e. The fourth-order valence-corrected chi connectivity index (χ4v) is 5.06. The molecule has 0 bridgehead atoms. The summed E-state index contributed by atoms with van der Waals surface area (Å²) in [5.74, 6) is -0.301. The summed E-state index contributed by atoms with van der Waals surface area (Å²) >= 11 is 0. The molecule has 1 aliphatic heterocycles. The molecule has 0 spiro atoms. The molecule has 2 N–H and O–H groups in total. The minimum atomic E-state index is -1.36. The molecule has 1 aliphatic rings. The van der Waals surface area contributed by atoms with Gasteiger partial charge in [0.25, 0.3) is 0 Å². The SMILES string of the molecule is N#Cc1ccc2c(c1)C(=O)OC2(c1ccc(O)c2ccccc12)c1ccc(O)c2ccccc12. The number of carbonyl (C=O) groups excluding carboxylic acids is 1. The summed E-state index contributed by atoms with van der Waals surface area (Å²) in [6.45, 7) is 0. The second-order valence-electron chi connectivity index (χ2n) is 8.30. The fourth-order valence-electron chi connectivity index (χ4n) is 5.06. The van der Waals surface area contributed by atoms with Gasteiger partial charge in [0.05, 0.1) is 17.2 Å². The average molecular weight is 443 g/mol. The Hall–Kier alpha value is -4.82. The number of hydrogen-bond acceptors (Lipinski definition) is 5. The summed E-state index contributed by atoms with van der Waals surface area (Å²) in [6, 6.07) is 28.6. The molecule has 0 aromatic heterocycles. The van der Waals surface area contributed by atoms with E-state index in [2.05, 4.69) is 6.07 Å². The zero-order chi connectivity index (χ0) is 23.4. The first-order chi connectivity index (χ1) is 16.5. The van der Waals surface area contributed by atoms with Crippen molar-refractivity contribution in [2.75, 3.05) is 0 Å². The van der Waals surface area contributed by atoms with Gasteiger partial charge in [0.2, 0.25) is 0 Å². The number of esters is 1. The molecule has 0 saturated heterocycles. The molecular formula is C29H17NO4. The van der Waals surface area contributed by atoms with E-state index in [1.165, 1.54) is 0 Å². The number of nitriles is 1. The van der Waals surface area contributed by atoms with Crippen LogP contribution in [0.4, 0.5) is 0 Å². The van der Waals surface area contributed by atoms with Crippen LogP contribution in [0.15, 0.2) is 91.0 Å². The standard InChI is InChI=1S/C29H17NO4/c30-16-17-9-10-25-22(15-17)28(33)34-29(25,23-11-13-26(31)20-7-3-1-5-18(20)23)24-12-14-27(32)21-8-4-2-6-19(21)24/h1-15,31-32H. The summed E-state index contributed by atoms with van der Waals surface area (Å²) in [5.41, 5.74) is 1.26. The molecule has 0 saturated carbocycles. The molecule has 5 aromatic carbocycles. The molecule has 0 fully saturated rings. The number of ether oxygens (including phenoxy) is 1. The molecule has 0 unspecified atom stereocenters. The van der Waals surface area contributed by atoms with Crippen LogP contribution in [0.25, 0.3) is 21.5 Å². The topological polar surface area (TPSA) is 90.6 Å². The molecule has 6 rings (SSSR count). The lowest BCUT2D eigenvalue weighted by molar-refractivity contribution is 0.0260. The lowest BCUT2D eigenvalue weighted by Gasteiger charge is -2.32. The van der Waals surface area contributed by atoms with E-state index in [4.69, 9.17) is 4.74 Å². The van der Waals surface area contributed by atoms with Crippen molar-refractivity contribution in [3.63, 3.8) is 0 Å². The monoisotopic (exact) mass is 443 g/mol. The number of nitrogens with zero attached hydrogens (tertiary/aromatic N) is 1. The van der Waals surface area contributed by atoms with E-state index in [9.17, 15) is 20.3 Å². The molecule has 5 aromatic rings. The highest BCUT2D eigenvalue weighted by Crippen LogP contribution is 2.52. The number of hydrogen-bond donors (Lipinski definition) is 2. The number of cyclic esters (lactones) is 1. The predicted molar refractivity (Wildman–Crippen MR) is 128 cm³/mol. The predicted octanol–water partition coefficient (Wildman–Crippen LogP) is 5.74. The third-order valence-corrected chi connectivity index (χ3v) is 6.55. The Kier molecular flexibility index (Phi) is 4.14. The first-order valence-corrected chi connectivity index (χ1v) is 10.7. The van der Waals surface area contributed by atoms with Crippen LogP contribution in [0.1, 0.15) is 32.6 Å². The van der Waals surface area contributed by atoms with Gasteiger partial charge in [-0.15, -0.1) is 0 Å². The van der Waals surface area contributed by atoms with Gasteiger partial charge in [0.1, 0.15) is 11.5 Å². The Bertz CT molecular complexity index is 1610. The third-order valence-electron chi connectivity index (χ3n) is 6.55. The zero-order valence-corrected chi connectivity index (χ0v) is 17.8. The first kappa shape index (κ1) is 19.8. The van der Waals surface area contributed by atoms with E-state index in [0.29, 0.717) is 38.6 Å². The Morgan fingerprint density at radius 3 is 1.71 bits per heavy atom. The molecule has 0 atom stereocenters. The van der Waals surface area contributed by atoms with Gasteiger partial charge in [-0.2, -0.15) is 5.26 Å². The van der Waals surface area contributed by atoms with Crippen LogP contribution in [-0.2, 0) is 10.3 Å². The second-order valence-corrected chi connectivity index (χ2v) is 8.30. The quantitative estimate of drug-likeness (QED) is 0.340. The molecule has 0 amide bonds. The first-order valence-electron chi connectivity index (χ1n) is 10.7. The zero-order valence-electron chi connectivity index (χ0n) is 17.8. The van der Waals surface area contributed by atoms with Crippen LogP contribution in [0, 0.1) is 11.3 Å². The Morgan fingerprint density at radius 1 is 0.676 bits per heavy atom. The average Bonchev–Trinajstić information content (AvgIpc) is 3.17. The van der Waals surface area contributed by atoms with Crippen molar-refractivity contribution in [1.29, 1.82) is 5.26 Å². The van der Waals surface area contributed by atoms with Gasteiger partial charge in [0, 0.05) is 27.5 Å². The van der Waals surface area contributed by atoms with Gasteiger partial charge in [-0.1, -0.05) is 54.6 Å². The minimum absolute atomic E-state index is 0.120. The normalized spacial score (nSPS) is 14.0. The lowest BCUT2D eigenvalue weighted by Crippen LogP contribution is -2.30. The number of phenols is 2. The van der Waals surface area contributed by atoms with Gasteiger partial charge >= 0.3 is 5.97 Å². The summed E-state index contributed by atoms with van der Waals surface area (Å²) in [7, 11) is 0. The molecule has 34 heavy (non-hydrogen) atoms. The van der Waals surface area contributed by atoms with Crippen LogP contribution < -0.4 is 0 Å². The number of rotatable bonds is 2. The number of fused-ring (bicyclic) bond motifs is 3. The van der Waals surface area contributed by atoms with Crippen molar-refractivity contribution < 1.29 is 19.7 Å². The molecule has 5 nitrogen and oxygen atoms in total. The van der Waals surface area contributed by atoms with E-state index in [1.54, 1.807) is 42.5 Å². The van der Waals surface area contributed by atoms with Gasteiger partial charge in [-0.05, 0) is 47.2 Å². The molecular weight excluding hydrogens is 426 g/mol.